The predicted octanol–water partition coefficient (Wildman–Crippen LogP) is 9.12. The molecule has 9 rings (SSSR count). The van der Waals surface area contributed by atoms with Crippen LogP contribution < -0.4 is 0 Å². The molecular formula is C45H32Au2N4-4. The molecule has 0 saturated heterocycles. The molecule has 2 heterocycles. The molecule has 258 valence electrons. The maximum atomic E-state index is 7.19. The summed E-state index contributed by atoms with van der Waals surface area (Å²) in [4.78, 5) is 8.54. The van der Waals surface area contributed by atoms with E-state index in [9.17, 15) is 0 Å². The summed E-state index contributed by atoms with van der Waals surface area (Å²) in [5.41, 5.74) is 15.3. The molecule has 4 nitrogen and oxygen atoms in total. The first-order chi connectivity index (χ1) is 24.1. The van der Waals surface area contributed by atoms with Crippen LogP contribution in [0.1, 0.15) is 35.1 Å². The molecule has 2 aromatic heterocycles. The van der Waals surface area contributed by atoms with Gasteiger partial charge in [-0.15, -0.1) is 47.6 Å². The standard InChI is InChI=1S/C15H10N4.2C15H11.2Au/c1-3-7-14-12(5-1)16-9-18(14)11-19-10-17-13-6-2-4-8-15(13)19;1-2-11-7-8-13-10-12-5-3-4-6-14(12)15(13)9-11;1-3-12(2)8-9-13-10-14-6-4-5-7-15(14)11-13;;/h1-8H,11H2;3-6,9H,7-8,10H2;4-10H,2,11H2;;/q-2;2*-1;;/b;;9-8-;;. The van der Waals surface area contributed by atoms with E-state index in [1.165, 1.54) is 39.0 Å². The Kier molecular flexibility index (Phi) is 12.7. The van der Waals surface area contributed by atoms with Gasteiger partial charge in [-0.2, -0.15) is 6.58 Å². The second-order valence-electron chi connectivity index (χ2n) is 12.1. The van der Waals surface area contributed by atoms with Crippen molar-refractivity contribution in [2.75, 3.05) is 0 Å². The van der Waals surface area contributed by atoms with Crippen LogP contribution in [0.3, 0.4) is 0 Å². The molecule has 3 aliphatic rings. The van der Waals surface area contributed by atoms with E-state index in [2.05, 4.69) is 95.7 Å². The summed E-state index contributed by atoms with van der Waals surface area (Å²) < 4.78 is 3.94. The Morgan fingerprint density at radius 1 is 0.745 bits per heavy atom. The van der Waals surface area contributed by atoms with Crippen molar-refractivity contribution in [3.8, 4) is 11.8 Å². The Balaban J connectivity index is 0.000000147. The molecular weight excluding hydrogens is 990 g/mol. The van der Waals surface area contributed by atoms with Gasteiger partial charge >= 0.3 is 0 Å². The van der Waals surface area contributed by atoms with Gasteiger partial charge in [-0.1, -0.05) is 119 Å². The Bertz CT molecular complexity index is 2350. The van der Waals surface area contributed by atoms with Crippen LogP contribution in [0.25, 0.3) is 33.7 Å². The molecule has 6 aromatic rings. The van der Waals surface area contributed by atoms with Crippen LogP contribution in [0.15, 0.2) is 144 Å². The zero-order valence-corrected chi connectivity index (χ0v) is 32.0. The van der Waals surface area contributed by atoms with Crippen molar-refractivity contribution in [2.45, 2.75) is 32.4 Å². The molecule has 0 spiro atoms. The van der Waals surface area contributed by atoms with Crippen molar-refractivity contribution in [3.05, 3.63) is 192 Å². The largest absolute Gasteiger partial charge is 0.432 e. The van der Waals surface area contributed by atoms with Crippen LogP contribution in [-0.4, -0.2) is 19.1 Å². The number of imidazole rings is 2. The van der Waals surface area contributed by atoms with Gasteiger partial charge in [0.15, 0.2) is 0 Å². The maximum Gasteiger partial charge on any atom is 0.0563 e. The molecule has 6 heteroatoms. The van der Waals surface area contributed by atoms with E-state index in [-0.39, 0.29) is 44.8 Å². The first-order valence-electron chi connectivity index (χ1n) is 16.3. The molecule has 4 aromatic carbocycles. The van der Waals surface area contributed by atoms with Gasteiger partial charge in [0, 0.05) is 57.4 Å². The van der Waals surface area contributed by atoms with Gasteiger partial charge in [-0.3, -0.25) is 11.8 Å². The minimum absolute atomic E-state index is 0. The molecule has 0 saturated carbocycles. The third-order valence-electron chi connectivity index (χ3n) is 8.93. The second kappa shape index (κ2) is 17.4. The third-order valence-corrected chi connectivity index (χ3v) is 8.93. The predicted molar refractivity (Wildman–Crippen MR) is 198 cm³/mol. The minimum Gasteiger partial charge on any atom is -0.432 e. The van der Waals surface area contributed by atoms with E-state index < -0.39 is 0 Å². The van der Waals surface area contributed by atoms with Crippen molar-refractivity contribution >= 4 is 33.7 Å². The number of hydrogen-bond donors (Lipinski definition) is 0. The van der Waals surface area contributed by atoms with Crippen LogP contribution in [0.2, 0.25) is 0 Å². The summed E-state index contributed by atoms with van der Waals surface area (Å²) in [6.45, 7) is 4.28. The van der Waals surface area contributed by atoms with Crippen molar-refractivity contribution in [2.24, 2.45) is 0 Å². The molecule has 0 fully saturated rings. The summed E-state index contributed by atoms with van der Waals surface area (Å²) in [6.07, 6.45) is 32.4. The molecule has 51 heavy (non-hydrogen) atoms. The number of hydrogen-bond acceptors (Lipinski definition) is 2. The van der Waals surface area contributed by atoms with E-state index in [1.807, 2.05) is 75.9 Å². The van der Waals surface area contributed by atoms with E-state index in [4.69, 9.17) is 12.8 Å². The zero-order chi connectivity index (χ0) is 33.6. The number of benzene rings is 4. The summed E-state index contributed by atoms with van der Waals surface area (Å²) in [7, 11) is 0. The SMILES string of the molecule is [Au].[Au].[C-]#CC(=C)/C=C\C1=Cc2ccccc2C1.[C-]#CC1=CC2=C(CC1)Cc1ccccc12.[c-]1nc2ccccc2n1Cn1[c-]nc2ccccc21. The molecule has 0 amide bonds. The summed E-state index contributed by atoms with van der Waals surface area (Å²) in [6, 6.07) is 33.0. The number of aromatic nitrogens is 4. The first kappa shape index (κ1) is 37.4. The molecule has 0 atom stereocenters. The average Bonchev–Trinajstić information content (AvgIpc) is 3.95. The van der Waals surface area contributed by atoms with Crippen LogP contribution >= 0.6 is 0 Å². The van der Waals surface area contributed by atoms with Crippen LogP contribution in [-0.2, 0) is 64.3 Å². The van der Waals surface area contributed by atoms with Gasteiger partial charge in [-0.25, -0.2) is 0 Å². The minimum atomic E-state index is 0. The Morgan fingerprint density at radius 2 is 1.35 bits per heavy atom. The Hall–Kier alpha value is -4.88. The number of rotatable bonds is 4. The van der Waals surface area contributed by atoms with Crippen LogP contribution in [0, 0.1) is 37.3 Å². The smallest absolute Gasteiger partial charge is 0.0563 e. The fourth-order valence-electron chi connectivity index (χ4n) is 6.42. The summed E-state index contributed by atoms with van der Waals surface area (Å²) in [5, 5.41) is 0. The molecule has 0 aliphatic heterocycles. The summed E-state index contributed by atoms with van der Waals surface area (Å²) >= 11 is 0. The topological polar surface area (TPSA) is 35.6 Å². The van der Waals surface area contributed by atoms with Crippen molar-refractivity contribution in [3.63, 3.8) is 0 Å². The number of allylic oxidation sites excluding steroid dienone is 8. The number of para-hydroxylation sites is 4. The van der Waals surface area contributed by atoms with Gasteiger partial charge in [-0.05, 0) is 52.7 Å². The Morgan fingerprint density at radius 3 is 2.00 bits per heavy atom. The first-order valence-corrected chi connectivity index (χ1v) is 16.3. The molecule has 0 unspecified atom stereocenters. The zero-order valence-electron chi connectivity index (χ0n) is 27.7. The molecule has 0 bridgehead atoms. The molecule has 0 N–H and O–H groups in total. The van der Waals surface area contributed by atoms with Gasteiger partial charge in [0.1, 0.15) is 0 Å². The van der Waals surface area contributed by atoms with Gasteiger partial charge in [0.25, 0.3) is 0 Å². The van der Waals surface area contributed by atoms with E-state index in [0.717, 1.165) is 53.3 Å². The van der Waals surface area contributed by atoms with Gasteiger partial charge in [0.05, 0.1) is 6.67 Å². The third kappa shape index (κ3) is 8.54. The van der Waals surface area contributed by atoms with Crippen molar-refractivity contribution in [1.29, 1.82) is 0 Å². The van der Waals surface area contributed by atoms with Crippen LogP contribution in [0.5, 0.6) is 0 Å². The maximum absolute atomic E-state index is 7.19. The van der Waals surface area contributed by atoms with Crippen molar-refractivity contribution < 1.29 is 44.8 Å². The average molecular weight is 1020 g/mol. The molecule has 3 aliphatic carbocycles. The fraction of sp³-hybridized carbons (Fsp3) is 0.111. The Labute approximate surface area is 331 Å². The molecule has 2 radical (unpaired) electrons. The van der Waals surface area contributed by atoms with E-state index in [1.54, 1.807) is 0 Å². The monoisotopic (exact) mass is 1020 g/mol. The summed E-state index contributed by atoms with van der Waals surface area (Å²) in [5.74, 6) is 4.78. The van der Waals surface area contributed by atoms with E-state index >= 15 is 0 Å². The fourth-order valence-corrected chi connectivity index (χ4v) is 6.42. The number of nitrogens with zero attached hydrogens (tertiary/aromatic N) is 4. The van der Waals surface area contributed by atoms with Gasteiger partial charge in [0.2, 0.25) is 0 Å². The van der Waals surface area contributed by atoms with Crippen molar-refractivity contribution in [1.82, 2.24) is 19.1 Å². The van der Waals surface area contributed by atoms with Gasteiger partial charge < -0.3 is 31.9 Å². The quantitative estimate of drug-likeness (QED) is 0.0766. The second-order valence-corrected chi connectivity index (χ2v) is 12.1. The van der Waals surface area contributed by atoms with Crippen LogP contribution in [0.4, 0.5) is 0 Å². The normalized spacial score (nSPS) is 13.5. The van der Waals surface area contributed by atoms with E-state index in [0.29, 0.717) is 12.2 Å². The number of fused-ring (bicyclic) bond motifs is 5.